The van der Waals surface area contributed by atoms with Gasteiger partial charge in [-0.1, -0.05) is 52.5 Å². The lowest BCUT2D eigenvalue weighted by atomic mass is 9.82. The van der Waals surface area contributed by atoms with Crippen LogP contribution in [0.25, 0.3) is 0 Å². The van der Waals surface area contributed by atoms with Gasteiger partial charge in [-0.15, -0.1) is 0 Å². The number of carbonyl (C=O) groups excluding carboxylic acids is 4. The van der Waals surface area contributed by atoms with Crippen LogP contribution in [0.5, 0.6) is 5.75 Å². The number of rotatable bonds is 8. The van der Waals surface area contributed by atoms with Crippen LogP contribution in [0.1, 0.15) is 46.0 Å². The summed E-state index contributed by atoms with van der Waals surface area (Å²) in [7, 11) is -4.11. The predicted molar refractivity (Wildman–Crippen MR) is 159 cm³/mol. The number of benzene rings is 3. The van der Waals surface area contributed by atoms with Crippen LogP contribution < -0.4 is 4.18 Å². The van der Waals surface area contributed by atoms with Crippen molar-refractivity contribution < 1.29 is 31.8 Å². The monoisotopic (exact) mass is 640 g/mol. The third kappa shape index (κ3) is 6.22. The lowest BCUT2D eigenvalue weighted by Gasteiger charge is -2.30. The molecule has 3 aromatic rings. The summed E-state index contributed by atoms with van der Waals surface area (Å²) in [4.78, 5) is 54.1. The number of nitrogens with zero attached hydrogens (tertiary/aromatic N) is 2. The first-order valence-corrected chi connectivity index (χ1v) is 15.5. The summed E-state index contributed by atoms with van der Waals surface area (Å²) >= 11 is 12.3. The van der Waals surface area contributed by atoms with E-state index >= 15 is 0 Å². The highest BCUT2D eigenvalue weighted by Gasteiger charge is 2.52. The van der Waals surface area contributed by atoms with E-state index in [1.807, 2.05) is 19.9 Å². The van der Waals surface area contributed by atoms with E-state index in [-0.39, 0.29) is 31.8 Å². The SMILES string of the molecule is CC1=CC[C@H]2C(=O)N(N(CC(=O)c3ccc(OS(=O)(=O)c4ccc(C)cc4)cc3)C(=O)c3ccc(Cl)cc3Cl)C(=O)[C@@H]2C1. The van der Waals surface area contributed by atoms with Crippen LogP contribution in [0.2, 0.25) is 10.0 Å². The Labute approximate surface area is 258 Å². The fourth-order valence-electron chi connectivity index (χ4n) is 5.10. The molecule has 0 radical (unpaired) electrons. The topological polar surface area (TPSA) is 118 Å². The van der Waals surface area contributed by atoms with Gasteiger partial charge in [0.15, 0.2) is 5.78 Å². The molecule has 1 heterocycles. The number of halogens is 2. The Morgan fingerprint density at radius 2 is 1.58 bits per heavy atom. The maximum Gasteiger partial charge on any atom is 0.339 e. The molecule has 0 unspecified atom stereocenters. The number of hydrazine groups is 1. The standard InChI is InChI=1S/C31H26Cl2N2O7S/c1-18-3-11-23(12-4-18)43(40,41)42-22-9-6-20(7-10-22)28(36)17-34(29(37)25-14-8-21(32)16-27(25)33)35-30(38)24-13-5-19(2)15-26(24)31(35)39/h3-12,14,16,24,26H,13,15,17H2,1-2H3/t24-,26-/m1/s1. The summed E-state index contributed by atoms with van der Waals surface area (Å²) in [5, 5.41) is 1.85. The first kappa shape index (κ1) is 30.5. The second kappa shape index (κ2) is 11.9. The quantitative estimate of drug-likeness (QED) is 0.135. The maximum atomic E-state index is 13.8. The number of hydrogen-bond donors (Lipinski definition) is 0. The number of hydrogen-bond acceptors (Lipinski definition) is 7. The van der Waals surface area contributed by atoms with Crippen molar-refractivity contribution in [2.45, 2.75) is 31.6 Å². The molecule has 3 amide bonds. The first-order valence-electron chi connectivity index (χ1n) is 13.3. The summed E-state index contributed by atoms with van der Waals surface area (Å²) in [5.41, 5.74) is 1.89. The zero-order valence-electron chi connectivity index (χ0n) is 23.1. The predicted octanol–water partition coefficient (Wildman–Crippen LogP) is 5.65. The molecule has 0 spiro atoms. The maximum absolute atomic E-state index is 13.8. The lowest BCUT2D eigenvalue weighted by Crippen LogP contribution is -2.52. The Morgan fingerprint density at radius 1 is 0.930 bits per heavy atom. The van der Waals surface area contributed by atoms with Crippen LogP contribution in [-0.2, 0) is 19.7 Å². The van der Waals surface area contributed by atoms with Crippen LogP contribution in [0.3, 0.4) is 0 Å². The molecule has 222 valence electrons. The molecule has 1 aliphatic carbocycles. The smallest absolute Gasteiger partial charge is 0.339 e. The summed E-state index contributed by atoms with van der Waals surface area (Å²) in [5.74, 6) is -3.91. The fourth-order valence-corrected chi connectivity index (χ4v) is 6.52. The number of fused-ring (bicyclic) bond motifs is 1. The molecule has 3 aromatic carbocycles. The highest BCUT2D eigenvalue weighted by atomic mass is 35.5. The van der Waals surface area contributed by atoms with E-state index in [4.69, 9.17) is 27.4 Å². The van der Waals surface area contributed by atoms with Crippen molar-refractivity contribution in [3.63, 3.8) is 0 Å². The second-order valence-electron chi connectivity index (χ2n) is 10.5. The first-order chi connectivity index (χ1) is 20.4. The van der Waals surface area contributed by atoms with Gasteiger partial charge in [0.2, 0.25) is 0 Å². The highest BCUT2D eigenvalue weighted by molar-refractivity contribution is 7.87. The molecule has 2 atom stereocenters. The molecule has 12 heteroatoms. The molecule has 9 nitrogen and oxygen atoms in total. The van der Waals surface area contributed by atoms with Gasteiger partial charge in [-0.05, 0) is 81.3 Å². The molecule has 0 aromatic heterocycles. The number of imide groups is 1. The number of Topliss-reactive ketones (excluding diaryl/α,β-unsaturated/α-hetero) is 1. The number of aryl methyl sites for hydroxylation is 1. The van der Waals surface area contributed by atoms with Crippen LogP contribution >= 0.6 is 23.2 Å². The molecule has 2 aliphatic rings. The van der Waals surface area contributed by atoms with Crippen LogP contribution in [0.15, 0.2) is 83.3 Å². The number of allylic oxidation sites excluding steroid dienone is 2. The summed E-state index contributed by atoms with van der Waals surface area (Å²) in [6.07, 6.45) is 2.62. The molecule has 1 saturated heterocycles. The largest absolute Gasteiger partial charge is 0.379 e. The Morgan fingerprint density at radius 3 is 2.23 bits per heavy atom. The van der Waals surface area contributed by atoms with E-state index in [0.717, 1.165) is 21.2 Å². The van der Waals surface area contributed by atoms with Crippen molar-refractivity contribution >= 4 is 56.8 Å². The summed E-state index contributed by atoms with van der Waals surface area (Å²) in [6, 6.07) is 15.6. The van der Waals surface area contributed by atoms with Gasteiger partial charge in [-0.3, -0.25) is 19.2 Å². The van der Waals surface area contributed by atoms with E-state index in [1.54, 1.807) is 12.1 Å². The minimum absolute atomic E-state index is 0.0136. The Bertz CT molecular complexity index is 1770. The molecule has 43 heavy (non-hydrogen) atoms. The normalized spacial score (nSPS) is 18.2. The summed E-state index contributed by atoms with van der Waals surface area (Å²) < 4.78 is 30.5. The molecule has 1 fully saturated rings. The lowest BCUT2D eigenvalue weighted by molar-refractivity contribution is -0.154. The fraction of sp³-hybridized carbons (Fsp3) is 0.226. The average molecular weight is 642 g/mol. The van der Waals surface area contributed by atoms with Gasteiger partial charge < -0.3 is 4.18 Å². The van der Waals surface area contributed by atoms with Gasteiger partial charge in [0.1, 0.15) is 17.2 Å². The average Bonchev–Trinajstić information content (AvgIpc) is 3.20. The van der Waals surface area contributed by atoms with E-state index in [9.17, 15) is 27.6 Å². The van der Waals surface area contributed by atoms with Gasteiger partial charge in [-0.25, -0.2) is 5.01 Å². The van der Waals surface area contributed by atoms with Crippen molar-refractivity contribution in [1.82, 2.24) is 10.0 Å². The van der Waals surface area contributed by atoms with E-state index in [2.05, 4.69) is 0 Å². The van der Waals surface area contributed by atoms with Crippen molar-refractivity contribution in [3.8, 4) is 5.75 Å². The molecule has 0 saturated carbocycles. The number of ketones is 1. The van der Waals surface area contributed by atoms with Gasteiger partial charge in [0.05, 0.1) is 22.4 Å². The molecular formula is C31H26Cl2N2O7S. The zero-order chi connectivity index (χ0) is 31.1. The van der Waals surface area contributed by atoms with Gasteiger partial charge in [-0.2, -0.15) is 13.4 Å². The van der Waals surface area contributed by atoms with Crippen molar-refractivity contribution in [1.29, 1.82) is 0 Å². The van der Waals surface area contributed by atoms with Crippen molar-refractivity contribution in [3.05, 3.63) is 105 Å². The van der Waals surface area contributed by atoms with Crippen molar-refractivity contribution in [2.75, 3.05) is 6.54 Å². The Hall–Kier alpha value is -3.99. The van der Waals surface area contributed by atoms with Gasteiger partial charge in [0.25, 0.3) is 17.7 Å². The van der Waals surface area contributed by atoms with Crippen molar-refractivity contribution in [2.24, 2.45) is 11.8 Å². The molecule has 0 bridgehead atoms. The Balaban J connectivity index is 1.41. The van der Waals surface area contributed by atoms with E-state index in [1.165, 1.54) is 54.6 Å². The van der Waals surface area contributed by atoms with Crippen LogP contribution in [-0.4, -0.2) is 48.5 Å². The Kier molecular flexibility index (Phi) is 8.47. The highest BCUT2D eigenvalue weighted by Crippen LogP contribution is 2.39. The third-order valence-corrected chi connectivity index (χ3v) is 9.23. The second-order valence-corrected chi connectivity index (χ2v) is 12.9. The van der Waals surface area contributed by atoms with Crippen LogP contribution in [0, 0.1) is 18.8 Å². The number of carbonyl (C=O) groups is 4. The summed E-state index contributed by atoms with van der Waals surface area (Å²) in [6.45, 7) is 3.03. The van der Waals surface area contributed by atoms with E-state index < -0.39 is 52.0 Å². The van der Waals surface area contributed by atoms with Crippen LogP contribution in [0.4, 0.5) is 0 Å². The molecule has 0 N–H and O–H groups in total. The molecule has 5 rings (SSSR count). The number of amides is 3. The van der Waals surface area contributed by atoms with Gasteiger partial charge in [0, 0.05) is 10.6 Å². The minimum Gasteiger partial charge on any atom is -0.379 e. The van der Waals surface area contributed by atoms with Gasteiger partial charge >= 0.3 is 10.1 Å². The minimum atomic E-state index is -4.11. The third-order valence-electron chi connectivity index (χ3n) is 7.42. The zero-order valence-corrected chi connectivity index (χ0v) is 25.4. The van der Waals surface area contributed by atoms with E-state index in [0.29, 0.717) is 12.8 Å². The molecular weight excluding hydrogens is 615 g/mol. The molecule has 1 aliphatic heterocycles.